The maximum atomic E-state index is 6.07. The quantitative estimate of drug-likeness (QED) is 0.841. The van der Waals surface area contributed by atoms with Crippen LogP contribution in [0.25, 0.3) is 0 Å². The van der Waals surface area contributed by atoms with E-state index in [-0.39, 0.29) is 0 Å². The van der Waals surface area contributed by atoms with Crippen molar-refractivity contribution in [1.29, 1.82) is 0 Å². The fourth-order valence-electron chi connectivity index (χ4n) is 2.36. The van der Waals surface area contributed by atoms with Crippen LogP contribution in [0.2, 0.25) is 0 Å². The lowest BCUT2D eigenvalue weighted by atomic mass is 10.0. The van der Waals surface area contributed by atoms with Crippen LogP contribution in [0.15, 0.2) is 0 Å². The number of ether oxygens (including phenoxy) is 1. The van der Waals surface area contributed by atoms with Crippen molar-refractivity contribution in [3.63, 3.8) is 0 Å². The monoisotopic (exact) mass is 252 g/mol. The van der Waals surface area contributed by atoms with Crippen LogP contribution in [-0.4, -0.2) is 29.5 Å². The Bertz CT molecular complexity index is 383. The van der Waals surface area contributed by atoms with Gasteiger partial charge in [-0.2, -0.15) is 5.10 Å². The zero-order valence-electron chi connectivity index (χ0n) is 11.4. The average molecular weight is 252 g/mol. The molecule has 1 aromatic heterocycles. The Labute approximate surface area is 109 Å². The molecular weight excluding hydrogens is 228 g/mol. The van der Waals surface area contributed by atoms with Crippen molar-refractivity contribution in [2.24, 2.45) is 5.92 Å². The van der Waals surface area contributed by atoms with Crippen molar-refractivity contribution in [3.8, 4) is 0 Å². The lowest BCUT2D eigenvalue weighted by molar-refractivity contribution is 0.0594. The van der Waals surface area contributed by atoms with Gasteiger partial charge in [0, 0.05) is 19.7 Å². The minimum Gasteiger partial charge on any atom is -0.394 e. The fourth-order valence-corrected chi connectivity index (χ4v) is 2.36. The number of nitrogens with one attached hydrogen (secondary N) is 1. The van der Waals surface area contributed by atoms with Gasteiger partial charge in [-0.3, -0.25) is 0 Å². The van der Waals surface area contributed by atoms with Gasteiger partial charge in [-0.1, -0.05) is 6.92 Å². The van der Waals surface area contributed by atoms with E-state index in [2.05, 4.69) is 17.3 Å². The molecule has 1 fully saturated rings. The van der Waals surface area contributed by atoms with Crippen LogP contribution in [0.4, 0.5) is 11.5 Å². The predicted molar refractivity (Wildman–Crippen MR) is 73.7 cm³/mol. The van der Waals surface area contributed by atoms with Gasteiger partial charge in [-0.05, 0) is 32.1 Å². The summed E-state index contributed by atoms with van der Waals surface area (Å²) in [5.74, 6) is 1.56. The molecule has 1 aromatic rings. The third-order valence-electron chi connectivity index (χ3n) is 3.42. The normalized spacial score (nSPS) is 20.0. The number of nitrogen functional groups attached to an aromatic ring is 1. The highest BCUT2D eigenvalue weighted by atomic mass is 16.5. The van der Waals surface area contributed by atoms with Crippen molar-refractivity contribution in [2.75, 3.05) is 30.8 Å². The van der Waals surface area contributed by atoms with Crippen molar-refractivity contribution < 1.29 is 4.74 Å². The van der Waals surface area contributed by atoms with Gasteiger partial charge in [0.05, 0.1) is 18.0 Å². The Morgan fingerprint density at radius 2 is 2.39 bits per heavy atom. The molecule has 0 radical (unpaired) electrons. The highest BCUT2D eigenvalue weighted by Gasteiger charge is 2.16. The van der Waals surface area contributed by atoms with Crippen molar-refractivity contribution >= 4 is 11.5 Å². The fraction of sp³-hybridized carbons (Fsp3) is 0.769. The summed E-state index contributed by atoms with van der Waals surface area (Å²) in [4.78, 5) is 0. The smallest absolute Gasteiger partial charge is 0.148 e. The molecule has 1 unspecified atom stereocenters. The van der Waals surface area contributed by atoms with Gasteiger partial charge in [0.15, 0.2) is 0 Å². The van der Waals surface area contributed by atoms with Gasteiger partial charge in [-0.15, -0.1) is 0 Å². The van der Waals surface area contributed by atoms with Crippen LogP contribution in [0.1, 0.15) is 31.9 Å². The Kier molecular flexibility index (Phi) is 4.47. The average Bonchev–Trinajstić information content (AvgIpc) is 2.65. The molecule has 0 amide bonds. The molecule has 3 N–H and O–H groups in total. The van der Waals surface area contributed by atoms with Crippen LogP contribution in [0.3, 0.4) is 0 Å². The van der Waals surface area contributed by atoms with Gasteiger partial charge in [-0.25, -0.2) is 4.68 Å². The van der Waals surface area contributed by atoms with E-state index < -0.39 is 0 Å². The first-order valence-electron chi connectivity index (χ1n) is 6.86. The summed E-state index contributed by atoms with van der Waals surface area (Å²) < 4.78 is 7.47. The van der Waals surface area contributed by atoms with E-state index in [4.69, 9.17) is 10.5 Å². The third kappa shape index (κ3) is 2.96. The molecule has 5 nitrogen and oxygen atoms in total. The minimum atomic E-state index is 0.587. The molecule has 0 aromatic carbocycles. The Morgan fingerprint density at radius 3 is 3.06 bits per heavy atom. The van der Waals surface area contributed by atoms with Crippen LogP contribution < -0.4 is 11.1 Å². The largest absolute Gasteiger partial charge is 0.394 e. The van der Waals surface area contributed by atoms with Crippen LogP contribution in [0.5, 0.6) is 0 Å². The van der Waals surface area contributed by atoms with Crippen LogP contribution in [0, 0.1) is 12.8 Å². The lowest BCUT2D eigenvalue weighted by Crippen LogP contribution is -2.25. The summed E-state index contributed by atoms with van der Waals surface area (Å²) in [6.45, 7) is 7.68. The molecule has 1 saturated heterocycles. The zero-order valence-corrected chi connectivity index (χ0v) is 11.4. The number of hydrogen-bond donors (Lipinski definition) is 2. The van der Waals surface area contributed by atoms with Crippen molar-refractivity contribution in [1.82, 2.24) is 9.78 Å². The molecule has 2 rings (SSSR count). The number of nitrogens with two attached hydrogens (primary N) is 1. The molecular formula is C13H24N4O. The van der Waals surface area contributed by atoms with E-state index in [0.29, 0.717) is 5.92 Å². The predicted octanol–water partition coefficient (Wildman–Crippen LogP) is 2.02. The SMILES string of the molecule is CCCn1nc(C)c(N)c1NCC1CCCOC1. The number of nitrogens with zero attached hydrogens (tertiary/aromatic N) is 2. The van der Waals surface area contributed by atoms with Gasteiger partial charge >= 0.3 is 0 Å². The second-order valence-electron chi connectivity index (χ2n) is 5.03. The van der Waals surface area contributed by atoms with E-state index in [1.807, 2.05) is 11.6 Å². The standard InChI is InChI=1S/C13H24N4O/c1-3-6-17-13(12(14)10(2)16-17)15-8-11-5-4-7-18-9-11/h11,15H,3-9,14H2,1-2H3. The van der Waals surface area contributed by atoms with Crippen molar-refractivity contribution in [2.45, 2.75) is 39.7 Å². The van der Waals surface area contributed by atoms with Gasteiger partial charge in [0.2, 0.25) is 0 Å². The van der Waals surface area contributed by atoms with E-state index >= 15 is 0 Å². The van der Waals surface area contributed by atoms with E-state index in [9.17, 15) is 0 Å². The lowest BCUT2D eigenvalue weighted by Gasteiger charge is -2.23. The van der Waals surface area contributed by atoms with E-state index in [0.717, 1.165) is 56.3 Å². The minimum absolute atomic E-state index is 0.587. The second kappa shape index (κ2) is 6.09. The first kappa shape index (κ1) is 13.2. The third-order valence-corrected chi connectivity index (χ3v) is 3.42. The highest BCUT2D eigenvalue weighted by Crippen LogP contribution is 2.23. The first-order chi connectivity index (χ1) is 8.72. The number of hydrogen-bond acceptors (Lipinski definition) is 4. The summed E-state index contributed by atoms with van der Waals surface area (Å²) in [6, 6.07) is 0. The van der Waals surface area contributed by atoms with Crippen molar-refractivity contribution in [3.05, 3.63) is 5.69 Å². The first-order valence-corrected chi connectivity index (χ1v) is 6.86. The maximum absolute atomic E-state index is 6.07. The van der Waals surface area contributed by atoms with Gasteiger partial charge in [0.1, 0.15) is 5.82 Å². The molecule has 102 valence electrons. The molecule has 18 heavy (non-hydrogen) atoms. The van der Waals surface area contributed by atoms with Gasteiger partial charge < -0.3 is 15.8 Å². The summed E-state index contributed by atoms with van der Waals surface area (Å²) in [6.07, 6.45) is 3.45. The molecule has 1 atom stereocenters. The molecule has 5 heteroatoms. The van der Waals surface area contributed by atoms with E-state index in [1.165, 1.54) is 6.42 Å². The summed E-state index contributed by atoms with van der Waals surface area (Å²) in [5.41, 5.74) is 7.76. The molecule has 1 aliphatic heterocycles. The summed E-state index contributed by atoms with van der Waals surface area (Å²) in [7, 11) is 0. The number of anilines is 2. The number of aryl methyl sites for hydroxylation is 2. The molecule has 0 bridgehead atoms. The van der Waals surface area contributed by atoms with Crippen LogP contribution >= 0.6 is 0 Å². The topological polar surface area (TPSA) is 65.1 Å². The summed E-state index contributed by atoms with van der Waals surface area (Å²) >= 11 is 0. The van der Waals surface area contributed by atoms with E-state index in [1.54, 1.807) is 0 Å². The highest BCUT2D eigenvalue weighted by molar-refractivity contribution is 5.64. The molecule has 2 heterocycles. The Morgan fingerprint density at radius 1 is 1.56 bits per heavy atom. The number of rotatable bonds is 5. The Hall–Kier alpha value is -1.23. The summed E-state index contributed by atoms with van der Waals surface area (Å²) in [5, 5.41) is 7.91. The molecule has 0 aliphatic carbocycles. The Balaban J connectivity index is 1.98. The number of aromatic nitrogens is 2. The molecule has 0 saturated carbocycles. The molecule has 0 spiro atoms. The molecule has 1 aliphatic rings. The maximum Gasteiger partial charge on any atom is 0.148 e. The van der Waals surface area contributed by atoms with Crippen LogP contribution in [-0.2, 0) is 11.3 Å². The van der Waals surface area contributed by atoms with Gasteiger partial charge in [0.25, 0.3) is 0 Å². The zero-order chi connectivity index (χ0) is 13.0. The second-order valence-corrected chi connectivity index (χ2v) is 5.03.